The highest BCUT2D eigenvalue weighted by Gasteiger charge is 2.37. The average molecular weight is 331 g/mol. The van der Waals surface area contributed by atoms with Gasteiger partial charge in [-0.25, -0.2) is 0 Å². The molecule has 4 rings (SSSR count). The molecular weight excluding hydrogens is 306 g/mol. The maximum Gasteiger partial charge on any atom is 0.254 e. The number of Topliss-reactive ketones (excluding diaryl/α,β-unsaturated/α-hetero) is 1. The largest absolute Gasteiger partial charge is 0.378 e. The van der Waals surface area contributed by atoms with Crippen LogP contribution in [0.5, 0.6) is 0 Å². The number of nitrogens with zero attached hydrogens (tertiary/aromatic N) is 1. The molecule has 6 heteroatoms. The van der Waals surface area contributed by atoms with Gasteiger partial charge < -0.3 is 15.0 Å². The van der Waals surface area contributed by atoms with Crippen LogP contribution in [0.3, 0.4) is 0 Å². The lowest BCUT2D eigenvalue weighted by atomic mass is 9.92. The molecule has 0 unspecified atom stereocenters. The summed E-state index contributed by atoms with van der Waals surface area (Å²) in [7, 11) is 0. The number of aryl methyl sites for hydroxylation is 2. The van der Waals surface area contributed by atoms with Crippen molar-refractivity contribution in [1.29, 1.82) is 0 Å². The van der Waals surface area contributed by atoms with Crippen molar-refractivity contribution < 1.29 is 14.3 Å². The van der Waals surface area contributed by atoms with E-state index in [4.69, 9.17) is 4.74 Å². The molecule has 24 heavy (non-hydrogen) atoms. The first kappa shape index (κ1) is 15.8. The first-order valence-corrected chi connectivity index (χ1v) is 9.02. The summed E-state index contributed by atoms with van der Waals surface area (Å²) < 4.78 is 5.63. The summed E-state index contributed by atoms with van der Waals surface area (Å²) in [6, 6.07) is 0.251. The first-order valence-electron chi connectivity index (χ1n) is 9.02. The van der Waals surface area contributed by atoms with Crippen molar-refractivity contribution in [3.63, 3.8) is 0 Å². The molecule has 0 bridgehead atoms. The summed E-state index contributed by atoms with van der Waals surface area (Å²) in [5.74, 6) is -0.0514. The van der Waals surface area contributed by atoms with Gasteiger partial charge in [0.05, 0.1) is 36.4 Å². The van der Waals surface area contributed by atoms with Crippen molar-refractivity contribution in [2.45, 2.75) is 51.1 Å². The second kappa shape index (κ2) is 6.33. The molecule has 2 saturated heterocycles. The van der Waals surface area contributed by atoms with Crippen LogP contribution in [0.25, 0.3) is 0 Å². The molecule has 3 heterocycles. The Kier molecular flexibility index (Phi) is 4.18. The Balaban J connectivity index is 1.54. The second-order valence-electron chi connectivity index (χ2n) is 7.18. The van der Waals surface area contributed by atoms with Gasteiger partial charge in [-0.2, -0.15) is 0 Å². The van der Waals surface area contributed by atoms with Crippen molar-refractivity contribution >= 4 is 11.7 Å². The molecule has 0 aromatic carbocycles. The lowest BCUT2D eigenvalue weighted by molar-refractivity contribution is 0.0900. The lowest BCUT2D eigenvalue weighted by Crippen LogP contribution is -2.50. The fourth-order valence-electron chi connectivity index (χ4n) is 4.37. The molecule has 2 aliphatic heterocycles. The van der Waals surface area contributed by atoms with E-state index in [-0.39, 0.29) is 23.8 Å². The Morgan fingerprint density at radius 3 is 2.79 bits per heavy atom. The molecule has 1 aromatic rings. The van der Waals surface area contributed by atoms with E-state index in [9.17, 15) is 9.59 Å². The standard InChI is InChI=1S/C18H25N3O3/c1-11-16(17-12(19-11)5-4-6-15(17)22)18(23)20-13-9-24-10-14(13)21-7-2-3-8-21/h13-14,19H,2-10H2,1H3,(H,20,23)/t13-,14-/m0/s1. The second-order valence-corrected chi connectivity index (χ2v) is 7.18. The van der Waals surface area contributed by atoms with E-state index in [2.05, 4.69) is 15.2 Å². The number of likely N-dealkylation sites (tertiary alicyclic amines) is 1. The maximum absolute atomic E-state index is 12.9. The summed E-state index contributed by atoms with van der Waals surface area (Å²) in [4.78, 5) is 30.9. The molecule has 130 valence electrons. The van der Waals surface area contributed by atoms with E-state index in [0.29, 0.717) is 30.8 Å². The highest BCUT2D eigenvalue weighted by Crippen LogP contribution is 2.27. The van der Waals surface area contributed by atoms with E-state index in [1.54, 1.807) is 0 Å². The van der Waals surface area contributed by atoms with Gasteiger partial charge in [0.15, 0.2) is 5.78 Å². The van der Waals surface area contributed by atoms with Crippen LogP contribution in [0, 0.1) is 6.92 Å². The van der Waals surface area contributed by atoms with Crippen LogP contribution in [0.2, 0.25) is 0 Å². The number of hydrogen-bond acceptors (Lipinski definition) is 4. The van der Waals surface area contributed by atoms with Crippen LogP contribution in [0.4, 0.5) is 0 Å². The molecule has 2 fully saturated rings. The predicted molar refractivity (Wildman–Crippen MR) is 89.5 cm³/mol. The summed E-state index contributed by atoms with van der Waals surface area (Å²) in [6.07, 6.45) is 4.68. The summed E-state index contributed by atoms with van der Waals surface area (Å²) >= 11 is 0. The van der Waals surface area contributed by atoms with Crippen molar-refractivity contribution in [1.82, 2.24) is 15.2 Å². The lowest BCUT2D eigenvalue weighted by Gasteiger charge is -2.28. The first-order chi connectivity index (χ1) is 11.6. The molecule has 2 atom stereocenters. The molecule has 3 aliphatic rings. The third kappa shape index (κ3) is 2.67. The summed E-state index contributed by atoms with van der Waals surface area (Å²) in [6.45, 7) is 5.26. The molecule has 1 aromatic heterocycles. The third-order valence-electron chi connectivity index (χ3n) is 5.58. The Morgan fingerprint density at radius 2 is 2.00 bits per heavy atom. The van der Waals surface area contributed by atoms with E-state index in [1.165, 1.54) is 12.8 Å². The van der Waals surface area contributed by atoms with Gasteiger partial charge in [0.1, 0.15) is 0 Å². The number of nitrogens with one attached hydrogen (secondary N) is 2. The Labute approximate surface area is 141 Å². The fraction of sp³-hybridized carbons (Fsp3) is 0.667. The number of ketones is 1. The number of carbonyl (C=O) groups excluding carboxylic acids is 2. The zero-order chi connectivity index (χ0) is 16.7. The Morgan fingerprint density at radius 1 is 1.21 bits per heavy atom. The average Bonchev–Trinajstić information content (AvgIpc) is 3.25. The number of aromatic nitrogens is 1. The van der Waals surface area contributed by atoms with Crippen molar-refractivity contribution in [3.8, 4) is 0 Å². The molecule has 1 aliphatic carbocycles. The zero-order valence-electron chi connectivity index (χ0n) is 14.2. The Bertz CT molecular complexity index is 661. The number of ether oxygens (including phenoxy) is 1. The van der Waals surface area contributed by atoms with Crippen LogP contribution in [-0.4, -0.2) is 60.0 Å². The van der Waals surface area contributed by atoms with Crippen molar-refractivity contribution in [3.05, 3.63) is 22.5 Å². The molecule has 6 nitrogen and oxygen atoms in total. The topological polar surface area (TPSA) is 74.4 Å². The zero-order valence-corrected chi connectivity index (χ0v) is 14.2. The number of aromatic amines is 1. The smallest absolute Gasteiger partial charge is 0.254 e. The Hall–Kier alpha value is -1.66. The summed E-state index contributed by atoms with van der Waals surface area (Å²) in [5.41, 5.74) is 2.88. The SMILES string of the molecule is Cc1[nH]c2c(c1C(=O)N[C@H]1COC[C@@H]1N1CCCC1)C(=O)CCC2. The van der Waals surface area contributed by atoms with Gasteiger partial charge in [-0.1, -0.05) is 0 Å². The minimum atomic E-state index is -0.139. The van der Waals surface area contributed by atoms with Gasteiger partial charge in [0, 0.05) is 17.8 Å². The molecular formula is C18H25N3O3. The van der Waals surface area contributed by atoms with E-state index in [0.717, 1.165) is 37.3 Å². The van der Waals surface area contributed by atoms with Crippen LogP contribution in [0.15, 0.2) is 0 Å². The number of amides is 1. The number of rotatable bonds is 3. The molecule has 0 saturated carbocycles. The minimum absolute atomic E-state index is 0.000701. The van der Waals surface area contributed by atoms with Gasteiger partial charge in [0.2, 0.25) is 0 Å². The number of fused-ring (bicyclic) bond motifs is 1. The number of carbonyl (C=O) groups is 2. The molecule has 1 amide bonds. The number of H-pyrrole nitrogens is 1. The molecule has 0 radical (unpaired) electrons. The molecule has 0 spiro atoms. The van der Waals surface area contributed by atoms with Gasteiger partial charge in [-0.05, 0) is 45.7 Å². The van der Waals surface area contributed by atoms with E-state index in [1.807, 2.05) is 6.92 Å². The van der Waals surface area contributed by atoms with Crippen molar-refractivity contribution in [2.24, 2.45) is 0 Å². The fourth-order valence-corrected chi connectivity index (χ4v) is 4.37. The van der Waals surface area contributed by atoms with Crippen LogP contribution >= 0.6 is 0 Å². The quantitative estimate of drug-likeness (QED) is 0.879. The monoisotopic (exact) mass is 331 g/mol. The number of hydrogen-bond donors (Lipinski definition) is 2. The van der Waals surface area contributed by atoms with E-state index < -0.39 is 0 Å². The van der Waals surface area contributed by atoms with E-state index >= 15 is 0 Å². The van der Waals surface area contributed by atoms with Crippen LogP contribution < -0.4 is 5.32 Å². The van der Waals surface area contributed by atoms with Crippen molar-refractivity contribution in [2.75, 3.05) is 26.3 Å². The maximum atomic E-state index is 12.9. The highest BCUT2D eigenvalue weighted by atomic mass is 16.5. The molecule has 2 N–H and O–H groups in total. The van der Waals surface area contributed by atoms with Gasteiger partial charge in [-0.15, -0.1) is 0 Å². The minimum Gasteiger partial charge on any atom is -0.378 e. The normalized spacial score (nSPS) is 27.5. The van der Waals surface area contributed by atoms with Gasteiger partial charge >= 0.3 is 0 Å². The van der Waals surface area contributed by atoms with Gasteiger partial charge in [-0.3, -0.25) is 14.5 Å². The summed E-state index contributed by atoms with van der Waals surface area (Å²) in [5, 5.41) is 3.14. The third-order valence-corrected chi connectivity index (χ3v) is 5.58. The highest BCUT2D eigenvalue weighted by molar-refractivity contribution is 6.10. The van der Waals surface area contributed by atoms with Crippen LogP contribution in [0.1, 0.15) is 57.8 Å². The predicted octanol–water partition coefficient (Wildman–Crippen LogP) is 1.44. The van der Waals surface area contributed by atoms with Gasteiger partial charge in [0.25, 0.3) is 5.91 Å². The van der Waals surface area contributed by atoms with Crippen LogP contribution in [-0.2, 0) is 11.2 Å².